The molecule has 0 aliphatic rings. The molecule has 0 heterocycles. The zero-order valence-electron chi connectivity index (χ0n) is 18.5. The van der Waals surface area contributed by atoms with Gasteiger partial charge in [0.05, 0.1) is 6.10 Å². The van der Waals surface area contributed by atoms with Crippen molar-refractivity contribution in [2.75, 3.05) is 7.11 Å². The van der Waals surface area contributed by atoms with E-state index >= 15 is 0 Å². The molecule has 0 aromatic heterocycles. The van der Waals surface area contributed by atoms with Gasteiger partial charge in [0.1, 0.15) is 0 Å². The summed E-state index contributed by atoms with van der Waals surface area (Å²) in [6.45, 7) is 3.36. The number of rotatable bonds is 11. The summed E-state index contributed by atoms with van der Waals surface area (Å²) in [5, 5.41) is 0. The highest BCUT2D eigenvalue weighted by atomic mass is 19.4. The fourth-order valence-corrected chi connectivity index (χ4v) is 3.00. The molecule has 2 atom stereocenters. The van der Waals surface area contributed by atoms with E-state index in [-0.39, 0.29) is 11.5 Å². The zero-order valence-corrected chi connectivity index (χ0v) is 18.5. The standard InChI is InChI=1S/C20H19F15O/c1-4-10(2)11-6-5-7-12(8-11)13(36-3)9-14(21,22)15(23,24)16(25,26)17(27,28)18(29,30)19(31,32)20(33,34)35/h5-8,10,13H,4,9H2,1-3H3. The van der Waals surface area contributed by atoms with Crippen LogP contribution in [0.25, 0.3) is 0 Å². The van der Waals surface area contributed by atoms with Crippen molar-refractivity contribution < 1.29 is 70.6 Å². The summed E-state index contributed by atoms with van der Waals surface area (Å²) in [4.78, 5) is 0. The van der Waals surface area contributed by atoms with Crippen molar-refractivity contribution in [1.82, 2.24) is 0 Å². The van der Waals surface area contributed by atoms with Crippen LogP contribution >= 0.6 is 0 Å². The number of methoxy groups -OCH3 is 1. The molecule has 1 aromatic carbocycles. The van der Waals surface area contributed by atoms with E-state index in [0.717, 1.165) is 12.1 Å². The van der Waals surface area contributed by atoms with Gasteiger partial charge < -0.3 is 4.74 Å². The van der Waals surface area contributed by atoms with E-state index in [2.05, 4.69) is 4.74 Å². The highest BCUT2D eigenvalue weighted by molar-refractivity contribution is 5.28. The molecule has 0 N–H and O–H groups in total. The lowest BCUT2D eigenvalue weighted by Gasteiger charge is -2.42. The van der Waals surface area contributed by atoms with Crippen LogP contribution in [0.2, 0.25) is 0 Å². The van der Waals surface area contributed by atoms with E-state index in [4.69, 9.17) is 0 Å². The maximum absolute atomic E-state index is 14.3. The molecule has 0 amide bonds. The molecule has 0 aliphatic heterocycles. The van der Waals surface area contributed by atoms with E-state index in [1.165, 1.54) is 12.1 Å². The van der Waals surface area contributed by atoms with Gasteiger partial charge in [0.2, 0.25) is 0 Å². The normalized spacial score (nSPS) is 16.7. The summed E-state index contributed by atoms with van der Waals surface area (Å²) in [6.07, 6.45) is -11.9. The van der Waals surface area contributed by atoms with Crippen LogP contribution < -0.4 is 0 Å². The Bertz CT molecular complexity index is 891. The second kappa shape index (κ2) is 9.78. The second-order valence-electron chi connectivity index (χ2n) is 7.98. The molecule has 0 aliphatic carbocycles. The van der Waals surface area contributed by atoms with Gasteiger partial charge in [-0.3, -0.25) is 0 Å². The summed E-state index contributed by atoms with van der Waals surface area (Å²) in [5.41, 5.74) is 0.0767. The molecule has 0 saturated heterocycles. The number of halogens is 15. The van der Waals surface area contributed by atoms with Crippen molar-refractivity contribution in [2.24, 2.45) is 0 Å². The van der Waals surface area contributed by atoms with Gasteiger partial charge in [0.25, 0.3) is 0 Å². The first-order valence-electron chi connectivity index (χ1n) is 9.83. The lowest BCUT2D eigenvalue weighted by molar-refractivity contribution is -0.453. The second-order valence-corrected chi connectivity index (χ2v) is 7.98. The van der Waals surface area contributed by atoms with Crippen LogP contribution in [0.1, 0.15) is 49.8 Å². The predicted octanol–water partition coefficient (Wildman–Crippen LogP) is 8.65. The molecule has 210 valence electrons. The SMILES string of the molecule is CCC(C)c1cccc(C(CC(F)(F)C(F)(F)C(F)(F)C(F)(F)C(F)(F)C(F)(F)C(F)(F)F)OC)c1. The molecule has 1 rings (SSSR count). The molecule has 0 fully saturated rings. The molecule has 1 nitrogen and oxygen atoms in total. The van der Waals surface area contributed by atoms with Crippen molar-refractivity contribution in [1.29, 1.82) is 0 Å². The fraction of sp³-hybridized carbons (Fsp3) is 0.700. The van der Waals surface area contributed by atoms with Crippen molar-refractivity contribution in [2.45, 2.75) is 80.4 Å². The van der Waals surface area contributed by atoms with Crippen LogP contribution in [0, 0.1) is 0 Å². The number of benzene rings is 1. The summed E-state index contributed by atoms with van der Waals surface area (Å²) < 4.78 is 205. The molecular weight excluding hydrogens is 541 g/mol. The lowest BCUT2D eigenvalue weighted by Crippen LogP contribution is -2.72. The number of ether oxygens (including phenoxy) is 1. The van der Waals surface area contributed by atoms with Gasteiger partial charge in [0.15, 0.2) is 0 Å². The van der Waals surface area contributed by atoms with Gasteiger partial charge in [0, 0.05) is 13.5 Å². The lowest BCUT2D eigenvalue weighted by atomic mass is 9.88. The fourth-order valence-electron chi connectivity index (χ4n) is 3.00. The Morgan fingerprint density at radius 3 is 1.50 bits per heavy atom. The van der Waals surface area contributed by atoms with Crippen LogP contribution in [0.3, 0.4) is 0 Å². The predicted molar refractivity (Wildman–Crippen MR) is 95.3 cm³/mol. The Morgan fingerprint density at radius 2 is 1.08 bits per heavy atom. The van der Waals surface area contributed by atoms with Crippen molar-refractivity contribution in [3.63, 3.8) is 0 Å². The van der Waals surface area contributed by atoms with Crippen LogP contribution in [0.5, 0.6) is 0 Å². The van der Waals surface area contributed by atoms with Crippen molar-refractivity contribution in [3.05, 3.63) is 35.4 Å². The van der Waals surface area contributed by atoms with E-state index in [1.807, 2.05) is 0 Å². The molecular formula is C20H19F15O. The molecule has 0 spiro atoms. The quantitative estimate of drug-likeness (QED) is 0.246. The molecule has 36 heavy (non-hydrogen) atoms. The number of alkyl halides is 15. The Labute approximate surface area is 194 Å². The Kier molecular flexibility index (Phi) is 8.74. The minimum Gasteiger partial charge on any atom is -0.377 e. The smallest absolute Gasteiger partial charge is 0.377 e. The molecule has 2 unspecified atom stereocenters. The molecule has 1 aromatic rings. The van der Waals surface area contributed by atoms with Crippen LogP contribution in [0.15, 0.2) is 24.3 Å². The summed E-state index contributed by atoms with van der Waals surface area (Å²) in [6, 6.07) is 4.82. The van der Waals surface area contributed by atoms with Gasteiger partial charge in [-0.05, 0) is 23.5 Å². The van der Waals surface area contributed by atoms with E-state index in [9.17, 15) is 65.9 Å². The Hall–Kier alpha value is -1.87. The zero-order chi connectivity index (χ0) is 28.8. The average molecular weight is 560 g/mol. The Balaban J connectivity index is 3.50. The van der Waals surface area contributed by atoms with Crippen molar-refractivity contribution >= 4 is 0 Å². The third-order valence-corrected chi connectivity index (χ3v) is 5.58. The topological polar surface area (TPSA) is 9.23 Å². The minimum absolute atomic E-state index is 0.232. The van der Waals surface area contributed by atoms with E-state index < -0.39 is 54.2 Å². The first kappa shape index (κ1) is 32.2. The summed E-state index contributed by atoms with van der Waals surface area (Å²) in [5.74, 6) is -46.8. The molecule has 16 heteroatoms. The summed E-state index contributed by atoms with van der Waals surface area (Å²) in [7, 11) is 0.625. The monoisotopic (exact) mass is 560 g/mol. The number of hydrogen-bond donors (Lipinski definition) is 0. The van der Waals surface area contributed by atoms with Crippen molar-refractivity contribution in [3.8, 4) is 0 Å². The number of hydrogen-bond acceptors (Lipinski definition) is 1. The van der Waals surface area contributed by atoms with Gasteiger partial charge in [-0.15, -0.1) is 0 Å². The molecule has 0 radical (unpaired) electrons. The highest BCUT2D eigenvalue weighted by Gasteiger charge is 2.93. The van der Waals surface area contributed by atoms with Crippen LogP contribution in [-0.2, 0) is 4.74 Å². The maximum Gasteiger partial charge on any atom is 0.460 e. The summed E-state index contributed by atoms with van der Waals surface area (Å²) >= 11 is 0. The van der Waals surface area contributed by atoms with Crippen LogP contribution in [-0.4, -0.2) is 48.8 Å². The van der Waals surface area contributed by atoms with Gasteiger partial charge >= 0.3 is 41.7 Å². The van der Waals surface area contributed by atoms with Gasteiger partial charge in [-0.25, -0.2) is 0 Å². The van der Waals surface area contributed by atoms with E-state index in [1.54, 1.807) is 13.8 Å². The molecule has 0 saturated carbocycles. The first-order chi connectivity index (χ1) is 15.9. The Morgan fingerprint density at radius 1 is 0.667 bits per heavy atom. The third kappa shape index (κ3) is 4.97. The molecule has 0 bridgehead atoms. The largest absolute Gasteiger partial charge is 0.460 e. The maximum atomic E-state index is 14.3. The average Bonchev–Trinajstić information content (AvgIpc) is 2.75. The van der Waals surface area contributed by atoms with Crippen LogP contribution in [0.4, 0.5) is 65.9 Å². The third-order valence-electron chi connectivity index (χ3n) is 5.58. The minimum atomic E-state index is -8.30. The first-order valence-corrected chi connectivity index (χ1v) is 9.83. The highest BCUT2D eigenvalue weighted by Crippen LogP contribution is 2.63. The van der Waals surface area contributed by atoms with Gasteiger partial charge in [-0.2, -0.15) is 65.9 Å². The van der Waals surface area contributed by atoms with Gasteiger partial charge in [-0.1, -0.05) is 38.1 Å². The van der Waals surface area contributed by atoms with E-state index in [0.29, 0.717) is 19.1 Å².